The van der Waals surface area contributed by atoms with Crippen LogP contribution in [0.5, 0.6) is 0 Å². The second-order valence-electron chi connectivity index (χ2n) is 5.29. The molecule has 2 fully saturated rings. The summed E-state index contributed by atoms with van der Waals surface area (Å²) in [5.74, 6) is 1.22. The number of rotatable bonds is 3. The van der Waals surface area contributed by atoms with Gasteiger partial charge in [-0.3, -0.25) is 0 Å². The van der Waals surface area contributed by atoms with Crippen LogP contribution < -0.4 is 5.73 Å². The molecular weight excluding hydrogens is 246 g/mol. The van der Waals surface area contributed by atoms with E-state index < -0.39 is 0 Å². The van der Waals surface area contributed by atoms with Crippen LogP contribution in [0.3, 0.4) is 0 Å². The summed E-state index contributed by atoms with van der Waals surface area (Å²) in [6, 6.07) is 9.03. The predicted molar refractivity (Wildman–Crippen MR) is 75.0 cm³/mol. The SMILES string of the molecule is CN(C(N)=N[C@@H]1C[C@H]1c1ccc(Cl)cc1)C1CC1. The van der Waals surface area contributed by atoms with Gasteiger partial charge in [0.05, 0.1) is 6.04 Å². The highest BCUT2D eigenvalue weighted by atomic mass is 35.5. The fourth-order valence-corrected chi connectivity index (χ4v) is 2.43. The molecule has 0 radical (unpaired) electrons. The Morgan fingerprint density at radius 1 is 1.33 bits per heavy atom. The van der Waals surface area contributed by atoms with E-state index in [1.54, 1.807) is 0 Å². The molecule has 18 heavy (non-hydrogen) atoms. The van der Waals surface area contributed by atoms with Crippen molar-refractivity contribution >= 4 is 17.6 Å². The van der Waals surface area contributed by atoms with Gasteiger partial charge in [-0.05, 0) is 37.0 Å². The third kappa shape index (κ3) is 2.46. The van der Waals surface area contributed by atoms with Crippen molar-refractivity contribution < 1.29 is 0 Å². The Morgan fingerprint density at radius 3 is 2.61 bits per heavy atom. The first kappa shape index (κ1) is 11.8. The van der Waals surface area contributed by atoms with E-state index in [-0.39, 0.29) is 0 Å². The van der Waals surface area contributed by atoms with Gasteiger partial charge in [-0.15, -0.1) is 0 Å². The highest BCUT2D eigenvalue weighted by molar-refractivity contribution is 6.30. The molecule has 0 aliphatic heterocycles. The van der Waals surface area contributed by atoms with Crippen LogP contribution in [-0.2, 0) is 0 Å². The van der Waals surface area contributed by atoms with Crippen LogP contribution in [0.1, 0.15) is 30.7 Å². The van der Waals surface area contributed by atoms with E-state index in [2.05, 4.69) is 22.0 Å². The van der Waals surface area contributed by atoms with Crippen LogP contribution in [0, 0.1) is 0 Å². The summed E-state index contributed by atoms with van der Waals surface area (Å²) in [5, 5.41) is 0.785. The Kier molecular flexibility index (Phi) is 2.94. The van der Waals surface area contributed by atoms with Gasteiger partial charge in [0.1, 0.15) is 0 Å². The van der Waals surface area contributed by atoms with Crippen LogP contribution in [-0.4, -0.2) is 30.0 Å². The molecule has 0 spiro atoms. The van der Waals surface area contributed by atoms with Gasteiger partial charge in [-0.1, -0.05) is 23.7 Å². The summed E-state index contributed by atoms with van der Waals surface area (Å²) in [5.41, 5.74) is 7.33. The lowest BCUT2D eigenvalue weighted by Gasteiger charge is -2.16. The Hall–Kier alpha value is -1.22. The first-order valence-corrected chi connectivity index (χ1v) is 6.84. The van der Waals surface area contributed by atoms with Gasteiger partial charge in [0.15, 0.2) is 5.96 Å². The van der Waals surface area contributed by atoms with E-state index in [9.17, 15) is 0 Å². The maximum absolute atomic E-state index is 6.02. The van der Waals surface area contributed by atoms with Gasteiger partial charge >= 0.3 is 0 Å². The van der Waals surface area contributed by atoms with E-state index in [0.717, 1.165) is 11.4 Å². The van der Waals surface area contributed by atoms with Crippen molar-refractivity contribution in [2.45, 2.75) is 37.3 Å². The van der Waals surface area contributed by atoms with E-state index in [1.807, 2.05) is 19.2 Å². The first-order valence-electron chi connectivity index (χ1n) is 6.46. The number of halogens is 1. The molecule has 3 nitrogen and oxygen atoms in total. The number of nitrogens with zero attached hydrogens (tertiary/aromatic N) is 2. The van der Waals surface area contributed by atoms with Gasteiger partial charge < -0.3 is 10.6 Å². The number of aliphatic imine (C=N–C) groups is 1. The van der Waals surface area contributed by atoms with Crippen molar-refractivity contribution in [3.63, 3.8) is 0 Å². The van der Waals surface area contributed by atoms with Gasteiger partial charge in [0, 0.05) is 24.0 Å². The van der Waals surface area contributed by atoms with E-state index in [4.69, 9.17) is 17.3 Å². The van der Waals surface area contributed by atoms with E-state index in [0.29, 0.717) is 24.0 Å². The summed E-state index contributed by atoms with van der Waals surface area (Å²) in [4.78, 5) is 6.73. The van der Waals surface area contributed by atoms with Crippen molar-refractivity contribution in [2.24, 2.45) is 10.7 Å². The summed E-state index contributed by atoms with van der Waals surface area (Å²) in [7, 11) is 2.04. The average molecular weight is 264 g/mol. The largest absolute Gasteiger partial charge is 0.370 e. The molecule has 3 rings (SSSR count). The molecule has 96 valence electrons. The Labute approximate surface area is 113 Å². The third-order valence-corrected chi connectivity index (χ3v) is 4.06. The molecule has 0 amide bonds. The molecule has 2 atom stereocenters. The minimum atomic E-state index is 0.354. The fraction of sp³-hybridized carbons (Fsp3) is 0.500. The van der Waals surface area contributed by atoms with Crippen LogP contribution in [0.15, 0.2) is 29.3 Å². The van der Waals surface area contributed by atoms with Crippen molar-refractivity contribution in [1.82, 2.24) is 4.90 Å². The lowest BCUT2D eigenvalue weighted by molar-refractivity contribution is 0.487. The lowest BCUT2D eigenvalue weighted by Crippen LogP contribution is -2.36. The Balaban J connectivity index is 1.63. The topological polar surface area (TPSA) is 41.6 Å². The number of benzene rings is 1. The fourth-order valence-electron chi connectivity index (χ4n) is 2.30. The highest BCUT2D eigenvalue weighted by Crippen LogP contribution is 2.43. The maximum atomic E-state index is 6.02. The molecular formula is C14H18ClN3. The number of nitrogens with two attached hydrogens (primary N) is 1. The minimum Gasteiger partial charge on any atom is -0.370 e. The summed E-state index contributed by atoms with van der Waals surface area (Å²) < 4.78 is 0. The van der Waals surface area contributed by atoms with Crippen LogP contribution in [0.25, 0.3) is 0 Å². The molecule has 0 saturated heterocycles. The zero-order valence-corrected chi connectivity index (χ0v) is 11.3. The molecule has 2 saturated carbocycles. The molecule has 0 heterocycles. The second kappa shape index (κ2) is 4.47. The second-order valence-corrected chi connectivity index (χ2v) is 5.73. The van der Waals surface area contributed by atoms with Crippen molar-refractivity contribution in [3.05, 3.63) is 34.9 Å². The molecule has 1 aromatic rings. The normalized spacial score (nSPS) is 27.1. The number of hydrogen-bond donors (Lipinski definition) is 1. The van der Waals surface area contributed by atoms with E-state index >= 15 is 0 Å². The average Bonchev–Trinajstić information content (AvgIpc) is 3.23. The van der Waals surface area contributed by atoms with Gasteiger partial charge in [-0.2, -0.15) is 0 Å². The molecule has 0 bridgehead atoms. The van der Waals surface area contributed by atoms with Crippen molar-refractivity contribution in [2.75, 3.05) is 7.05 Å². The van der Waals surface area contributed by atoms with Crippen molar-refractivity contribution in [1.29, 1.82) is 0 Å². The zero-order chi connectivity index (χ0) is 12.7. The highest BCUT2D eigenvalue weighted by Gasteiger charge is 2.39. The van der Waals surface area contributed by atoms with Crippen LogP contribution in [0.2, 0.25) is 5.02 Å². The third-order valence-electron chi connectivity index (χ3n) is 3.81. The lowest BCUT2D eigenvalue weighted by atomic mass is 10.1. The molecule has 2 N–H and O–H groups in total. The molecule has 1 aromatic carbocycles. The molecule has 4 heteroatoms. The van der Waals surface area contributed by atoms with Crippen molar-refractivity contribution in [3.8, 4) is 0 Å². The molecule has 2 aliphatic rings. The van der Waals surface area contributed by atoms with Gasteiger partial charge in [0.2, 0.25) is 0 Å². The number of hydrogen-bond acceptors (Lipinski definition) is 1. The van der Waals surface area contributed by atoms with Gasteiger partial charge in [-0.25, -0.2) is 4.99 Å². The molecule has 0 aromatic heterocycles. The summed E-state index contributed by atoms with van der Waals surface area (Å²) >= 11 is 5.89. The quantitative estimate of drug-likeness (QED) is 0.673. The monoisotopic (exact) mass is 263 g/mol. The molecule has 2 aliphatic carbocycles. The molecule has 0 unspecified atom stereocenters. The number of guanidine groups is 1. The first-order chi connectivity index (χ1) is 8.65. The Bertz CT molecular complexity index is 464. The van der Waals surface area contributed by atoms with Gasteiger partial charge in [0.25, 0.3) is 0 Å². The maximum Gasteiger partial charge on any atom is 0.191 e. The standard InChI is InChI=1S/C14H18ClN3/c1-18(11-6-7-11)14(16)17-13-8-12(13)9-2-4-10(15)5-3-9/h2-5,11-13H,6-8H2,1H3,(H2,16,17)/t12-,13+/m0/s1. The minimum absolute atomic E-state index is 0.354. The van der Waals surface area contributed by atoms with E-state index in [1.165, 1.54) is 18.4 Å². The van der Waals surface area contributed by atoms with Crippen LogP contribution >= 0.6 is 11.6 Å². The predicted octanol–water partition coefficient (Wildman–Crippen LogP) is 2.60. The Morgan fingerprint density at radius 2 is 2.00 bits per heavy atom. The zero-order valence-electron chi connectivity index (χ0n) is 10.5. The summed E-state index contributed by atoms with van der Waals surface area (Å²) in [6.45, 7) is 0. The van der Waals surface area contributed by atoms with Crippen LogP contribution in [0.4, 0.5) is 0 Å². The smallest absolute Gasteiger partial charge is 0.191 e. The summed E-state index contributed by atoms with van der Waals surface area (Å²) in [6.07, 6.45) is 3.59.